The van der Waals surface area contributed by atoms with Gasteiger partial charge >= 0.3 is 5.97 Å². The second kappa shape index (κ2) is 10.0. The van der Waals surface area contributed by atoms with E-state index in [-0.39, 0.29) is 17.2 Å². The Balaban J connectivity index is 1.69. The SMILES string of the molecule is CCOC(=O)c1c(/N=C/c2c(F)c(F)c(F)c(F)c2F)sc2c1CCN(Cc1ccccc1)C2. The zero-order valence-corrected chi connectivity index (χ0v) is 18.8. The number of fused-ring (bicyclic) bond motifs is 1. The fourth-order valence-electron chi connectivity index (χ4n) is 3.78. The predicted molar refractivity (Wildman–Crippen MR) is 118 cm³/mol. The van der Waals surface area contributed by atoms with E-state index in [0.717, 1.165) is 27.3 Å². The molecule has 0 bridgehead atoms. The Morgan fingerprint density at radius 1 is 1.06 bits per heavy atom. The average molecular weight is 494 g/mol. The van der Waals surface area contributed by atoms with E-state index in [1.54, 1.807) is 6.92 Å². The van der Waals surface area contributed by atoms with Crippen molar-refractivity contribution in [1.29, 1.82) is 0 Å². The highest BCUT2D eigenvalue weighted by Crippen LogP contribution is 2.40. The zero-order chi connectivity index (χ0) is 24.4. The van der Waals surface area contributed by atoms with Crippen LogP contribution in [0.3, 0.4) is 0 Å². The molecule has 0 amide bonds. The summed E-state index contributed by atoms with van der Waals surface area (Å²) >= 11 is 1.13. The van der Waals surface area contributed by atoms with Crippen LogP contribution in [0.25, 0.3) is 0 Å². The van der Waals surface area contributed by atoms with E-state index in [0.29, 0.717) is 32.3 Å². The number of hydrogen-bond acceptors (Lipinski definition) is 5. The summed E-state index contributed by atoms with van der Waals surface area (Å²) in [4.78, 5) is 19.6. The topological polar surface area (TPSA) is 41.9 Å². The number of carbonyl (C=O) groups is 1. The molecule has 1 aromatic heterocycles. The Morgan fingerprint density at radius 2 is 1.71 bits per heavy atom. The van der Waals surface area contributed by atoms with Crippen LogP contribution in [0.1, 0.15) is 38.8 Å². The average Bonchev–Trinajstić information content (AvgIpc) is 3.20. The first kappa shape index (κ1) is 24.0. The summed E-state index contributed by atoms with van der Waals surface area (Å²) in [6.45, 7) is 3.60. The molecule has 1 aliphatic heterocycles. The number of esters is 1. The monoisotopic (exact) mass is 494 g/mol. The minimum Gasteiger partial charge on any atom is -0.462 e. The van der Waals surface area contributed by atoms with Gasteiger partial charge < -0.3 is 4.74 Å². The fourth-order valence-corrected chi connectivity index (χ4v) is 5.00. The van der Waals surface area contributed by atoms with Crippen molar-refractivity contribution in [2.75, 3.05) is 13.2 Å². The quantitative estimate of drug-likeness (QED) is 0.140. The van der Waals surface area contributed by atoms with Gasteiger partial charge in [-0.2, -0.15) is 0 Å². The molecule has 2 heterocycles. The Bertz CT molecular complexity index is 1230. The maximum atomic E-state index is 14.1. The number of thiophene rings is 1. The highest BCUT2D eigenvalue weighted by Gasteiger charge is 2.29. The lowest BCUT2D eigenvalue weighted by molar-refractivity contribution is 0.0526. The van der Waals surface area contributed by atoms with Crippen molar-refractivity contribution in [2.45, 2.75) is 26.4 Å². The number of nitrogens with zero attached hydrogens (tertiary/aromatic N) is 2. The molecule has 2 aromatic carbocycles. The van der Waals surface area contributed by atoms with Gasteiger partial charge in [0.15, 0.2) is 23.3 Å². The first-order valence-electron chi connectivity index (χ1n) is 10.4. The largest absolute Gasteiger partial charge is 0.462 e. The molecule has 3 aromatic rings. The van der Waals surface area contributed by atoms with E-state index >= 15 is 0 Å². The van der Waals surface area contributed by atoms with Gasteiger partial charge in [-0.15, -0.1) is 11.3 Å². The second-order valence-corrected chi connectivity index (χ2v) is 8.68. The predicted octanol–water partition coefficient (Wildman–Crippen LogP) is 5.93. The summed E-state index contributed by atoms with van der Waals surface area (Å²) in [7, 11) is 0. The molecule has 0 saturated heterocycles. The molecule has 0 saturated carbocycles. The molecular formula is C24H19F5N2O2S. The summed E-state index contributed by atoms with van der Waals surface area (Å²) in [6.07, 6.45) is 1.07. The Hall–Kier alpha value is -3.11. The van der Waals surface area contributed by atoms with Gasteiger partial charge in [0.25, 0.3) is 0 Å². The van der Waals surface area contributed by atoms with Crippen LogP contribution in [0.5, 0.6) is 0 Å². The first-order valence-corrected chi connectivity index (χ1v) is 11.3. The van der Waals surface area contributed by atoms with Crippen molar-refractivity contribution < 1.29 is 31.5 Å². The summed E-state index contributed by atoms with van der Waals surface area (Å²) in [6, 6.07) is 9.83. The van der Waals surface area contributed by atoms with Crippen LogP contribution in [-0.2, 0) is 24.2 Å². The highest BCUT2D eigenvalue weighted by atomic mass is 32.1. The Kier molecular flexibility index (Phi) is 7.08. The standard InChI is InChI=1S/C24H19F5N2O2S/c1-2-33-24(32)17-14-8-9-31(11-13-6-4-3-5-7-13)12-16(14)34-23(17)30-10-15-18(25)20(27)22(29)21(28)19(15)26/h3-7,10H,2,8-9,11-12H2,1H3/b30-10+. The molecule has 1 aliphatic rings. The van der Waals surface area contributed by atoms with E-state index in [4.69, 9.17) is 4.74 Å². The Morgan fingerprint density at radius 3 is 2.35 bits per heavy atom. The molecule has 10 heteroatoms. The molecule has 0 unspecified atom stereocenters. The molecule has 0 fully saturated rings. The van der Waals surface area contributed by atoms with Crippen LogP contribution in [-0.4, -0.2) is 30.2 Å². The molecule has 0 radical (unpaired) electrons. The third-order valence-corrected chi connectivity index (χ3v) is 6.53. The van der Waals surface area contributed by atoms with Crippen LogP contribution < -0.4 is 0 Å². The fraction of sp³-hybridized carbons (Fsp3) is 0.250. The maximum absolute atomic E-state index is 14.1. The van der Waals surface area contributed by atoms with Crippen molar-refractivity contribution >= 4 is 28.5 Å². The van der Waals surface area contributed by atoms with Crippen LogP contribution in [0, 0.1) is 29.1 Å². The number of ether oxygens (including phenoxy) is 1. The van der Waals surface area contributed by atoms with E-state index in [9.17, 15) is 26.7 Å². The lowest BCUT2D eigenvalue weighted by Gasteiger charge is -2.27. The lowest BCUT2D eigenvalue weighted by Crippen LogP contribution is -2.29. The van der Waals surface area contributed by atoms with Crippen LogP contribution >= 0.6 is 11.3 Å². The molecule has 0 aliphatic carbocycles. The minimum atomic E-state index is -2.25. The molecule has 34 heavy (non-hydrogen) atoms. The number of halogens is 5. The van der Waals surface area contributed by atoms with Gasteiger partial charge in [0.2, 0.25) is 5.82 Å². The van der Waals surface area contributed by atoms with Crippen molar-refractivity contribution in [2.24, 2.45) is 4.99 Å². The Labute approximate surface area is 196 Å². The van der Waals surface area contributed by atoms with Crippen molar-refractivity contribution in [3.63, 3.8) is 0 Å². The first-order chi connectivity index (χ1) is 16.3. The van der Waals surface area contributed by atoms with Gasteiger partial charge in [0.1, 0.15) is 5.00 Å². The van der Waals surface area contributed by atoms with Crippen molar-refractivity contribution in [1.82, 2.24) is 4.90 Å². The van der Waals surface area contributed by atoms with E-state index < -0.39 is 40.6 Å². The van der Waals surface area contributed by atoms with Crippen LogP contribution in [0.2, 0.25) is 0 Å². The van der Waals surface area contributed by atoms with Crippen LogP contribution in [0.4, 0.5) is 27.0 Å². The number of aliphatic imine (C=N–C) groups is 1. The zero-order valence-electron chi connectivity index (χ0n) is 18.0. The number of benzene rings is 2. The molecule has 4 nitrogen and oxygen atoms in total. The molecule has 4 rings (SSSR count). The third kappa shape index (κ3) is 4.60. The van der Waals surface area contributed by atoms with Crippen LogP contribution in [0.15, 0.2) is 35.3 Å². The lowest BCUT2D eigenvalue weighted by atomic mass is 10.0. The van der Waals surface area contributed by atoms with E-state index in [2.05, 4.69) is 9.89 Å². The smallest absolute Gasteiger partial charge is 0.341 e. The van der Waals surface area contributed by atoms with E-state index in [1.165, 1.54) is 0 Å². The minimum absolute atomic E-state index is 0.0916. The second-order valence-electron chi connectivity index (χ2n) is 7.59. The van der Waals surface area contributed by atoms with Gasteiger partial charge in [-0.1, -0.05) is 30.3 Å². The van der Waals surface area contributed by atoms with Crippen molar-refractivity contribution in [3.05, 3.63) is 86.5 Å². The number of hydrogen-bond donors (Lipinski definition) is 0. The molecule has 0 atom stereocenters. The van der Waals surface area contributed by atoms with Gasteiger partial charge in [-0.05, 0) is 24.5 Å². The summed E-state index contributed by atoms with van der Waals surface area (Å²) < 4.78 is 73.7. The highest BCUT2D eigenvalue weighted by molar-refractivity contribution is 7.16. The normalized spacial score (nSPS) is 13.9. The van der Waals surface area contributed by atoms with Gasteiger partial charge in [-0.3, -0.25) is 4.90 Å². The van der Waals surface area contributed by atoms with Gasteiger partial charge in [0.05, 0.1) is 17.7 Å². The third-order valence-electron chi connectivity index (χ3n) is 5.40. The summed E-state index contributed by atoms with van der Waals surface area (Å²) in [5, 5.41) is 0.0916. The number of carbonyl (C=O) groups excluding carboxylic acids is 1. The summed E-state index contributed by atoms with van der Waals surface area (Å²) in [5.74, 6) is -11.0. The maximum Gasteiger partial charge on any atom is 0.341 e. The molecular weight excluding hydrogens is 475 g/mol. The van der Waals surface area contributed by atoms with Gasteiger partial charge in [-0.25, -0.2) is 31.7 Å². The molecule has 178 valence electrons. The molecule has 0 N–H and O–H groups in total. The summed E-state index contributed by atoms with van der Waals surface area (Å²) in [5.41, 5.74) is 0.819. The number of rotatable bonds is 6. The molecule has 0 spiro atoms. The van der Waals surface area contributed by atoms with E-state index in [1.807, 2.05) is 30.3 Å². The van der Waals surface area contributed by atoms with Crippen molar-refractivity contribution in [3.8, 4) is 0 Å². The van der Waals surface area contributed by atoms with Gasteiger partial charge in [0, 0.05) is 30.7 Å².